The minimum Gasteiger partial charge on any atom is -0.361 e. The fourth-order valence-corrected chi connectivity index (χ4v) is 3.77. The lowest BCUT2D eigenvalue weighted by molar-refractivity contribution is -0.131. The van der Waals surface area contributed by atoms with Crippen LogP contribution in [-0.2, 0) is 27.2 Å². The Labute approximate surface area is 174 Å². The van der Waals surface area contributed by atoms with Gasteiger partial charge in [0.25, 0.3) is 0 Å². The number of anilines is 1. The smallest absolute Gasteiger partial charge is 0.243 e. The number of aromatic nitrogens is 1. The second-order valence-electron chi connectivity index (χ2n) is 7.50. The van der Waals surface area contributed by atoms with Crippen LogP contribution in [-0.4, -0.2) is 29.3 Å². The predicted octanol–water partition coefficient (Wildman–Crippen LogP) is 2.47. The number of para-hydroxylation sites is 1. The molecule has 0 bridgehead atoms. The molecule has 1 aliphatic heterocycles. The quantitative estimate of drug-likeness (QED) is 0.570. The zero-order chi connectivity index (χ0) is 21.1. The van der Waals surface area contributed by atoms with Gasteiger partial charge in [-0.25, -0.2) is 0 Å². The second-order valence-corrected chi connectivity index (χ2v) is 7.50. The highest BCUT2D eigenvalue weighted by atomic mass is 16.2. The summed E-state index contributed by atoms with van der Waals surface area (Å²) in [4.78, 5) is 41.9. The normalized spacial score (nSPS) is 16.1. The average molecular weight is 404 g/mol. The van der Waals surface area contributed by atoms with E-state index in [4.69, 9.17) is 0 Å². The Morgan fingerprint density at radius 2 is 1.87 bits per heavy atom. The fourth-order valence-electron chi connectivity index (χ4n) is 3.77. The van der Waals surface area contributed by atoms with Crippen molar-refractivity contribution in [2.75, 3.05) is 11.4 Å². The average Bonchev–Trinajstić information content (AvgIpc) is 3.36. The first-order valence-electron chi connectivity index (χ1n) is 10.1. The fraction of sp³-hybridized carbons (Fsp3) is 0.261. The lowest BCUT2D eigenvalue weighted by atomic mass is 10.1. The van der Waals surface area contributed by atoms with Gasteiger partial charge in [0.05, 0.1) is 12.3 Å². The van der Waals surface area contributed by atoms with Gasteiger partial charge in [0.2, 0.25) is 17.7 Å². The lowest BCUT2D eigenvalue weighted by Crippen LogP contribution is -2.45. The van der Waals surface area contributed by atoms with Crippen LogP contribution >= 0.6 is 0 Å². The van der Waals surface area contributed by atoms with Gasteiger partial charge >= 0.3 is 0 Å². The number of fused-ring (bicyclic) bond motifs is 1. The summed E-state index contributed by atoms with van der Waals surface area (Å²) >= 11 is 0. The summed E-state index contributed by atoms with van der Waals surface area (Å²) in [5, 5.41) is 0.977. The molecule has 1 aliphatic rings. The van der Waals surface area contributed by atoms with Gasteiger partial charge in [-0.2, -0.15) is 0 Å². The lowest BCUT2D eigenvalue weighted by Gasteiger charge is -2.17. The van der Waals surface area contributed by atoms with E-state index in [0.717, 1.165) is 28.6 Å². The third-order valence-corrected chi connectivity index (χ3v) is 5.50. The topological polar surface area (TPSA) is 94.3 Å². The van der Waals surface area contributed by atoms with Crippen molar-refractivity contribution in [1.29, 1.82) is 0 Å². The van der Waals surface area contributed by atoms with Crippen LogP contribution in [0.4, 0.5) is 5.69 Å². The molecule has 154 valence electrons. The zero-order valence-corrected chi connectivity index (χ0v) is 16.8. The molecule has 0 saturated carbocycles. The third-order valence-electron chi connectivity index (χ3n) is 5.50. The molecule has 3 N–H and O–H groups in total. The van der Waals surface area contributed by atoms with Crippen LogP contribution in [0.3, 0.4) is 0 Å². The summed E-state index contributed by atoms with van der Waals surface area (Å²) in [7, 11) is 0. The number of hydrogen-bond acceptors (Lipinski definition) is 3. The Morgan fingerprint density at radius 3 is 2.63 bits per heavy atom. The maximum atomic E-state index is 12.5. The third kappa shape index (κ3) is 4.05. The summed E-state index contributed by atoms with van der Waals surface area (Å²) in [5.74, 6) is -1.27. The molecule has 0 radical (unpaired) electrons. The highest BCUT2D eigenvalue weighted by Gasteiger charge is 2.35. The van der Waals surface area contributed by atoms with E-state index in [1.165, 1.54) is 5.56 Å². The molecule has 7 heteroatoms. The molecule has 2 heterocycles. The summed E-state index contributed by atoms with van der Waals surface area (Å²) in [6.07, 6.45) is 2.99. The Hall–Kier alpha value is -3.61. The van der Waals surface area contributed by atoms with Crippen molar-refractivity contribution in [2.24, 2.45) is 5.92 Å². The number of rotatable bonds is 5. The summed E-state index contributed by atoms with van der Waals surface area (Å²) in [6.45, 7) is 2.37. The van der Waals surface area contributed by atoms with Crippen LogP contribution in [0.1, 0.15) is 24.5 Å². The standard InChI is InChI=1S/C23H24N4O3/c1-2-15-7-9-18(10-8-15)27-14-17(12-22(27)29)23(30)26-25-21(28)11-16-13-24-20-6-4-3-5-19(16)20/h3-10,13,17,24H,2,11-12,14H2,1H3,(H,25,28)(H,26,30). The maximum Gasteiger partial charge on any atom is 0.243 e. The monoisotopic (exact) mass is 404 g/mol. The highest BCUT2D eigenvalue weighted by molar-refractivity contribution is 6.00. The molecule has 30 heavy (non-hydrogen) atoms. The van der Waals surface area contributed by atoms with E-state index in [-0.39, 0.29) is 30.6 Å². The summed E-state index contributed by atoms with van der Waals surface area (Å²) in [6, 6.07) is 15.5. The van der Waals surface area contributed by atoms with Crippen molar-refractivity contribution in [3.8, 4) is 0 Å². The Kier molecular flexibility index (Phi) is 5.52. The van der Waals surface area contributed by atoms with Crippen molar-refractivity contribution in [3.63, 3.8) is 0 Å². The van der Waals surface area contributed by atoms with Crippen LogP contribution in [0.25, 0.3) is 10.9 Å². The first-order chi connectivity index (χ1) is 14.5. The number of benzene rings is 2. The van der Waals surface area contributed by atoms with Crippen molar-refractivity contribution < 1.29 is 14.4 Å². The maximum absolute atomic E-state index is 12.5. The Morgan fingerprint density at radius 1 is 1.10 bits per heavy atom. The molecule has 0 aliphatic carbocycles. The van der Waals surface area contributed by atoms with Crippen LogP contribution in [0.2, 0.25) is 0 Å². The van der Waals surface area contributed by atoms with Crippen LogP contribution < -0.4 is 15.8 Å². The Bertz CT molecular complexity index is 1090. The molecular formula is C23H24N4O3. The van der Waals surface area contributed by atoms with Gasteiger partial charge < -0.3 is 9.88 Å². The van der Waals surface area contributed by atoms with Gasteiger partial charge in [0.1, 0.15) is 0 Å². The number of nitrogens with zero attached hydrogens (tertiary/aromatic N) is 1. The highest BCUT2D eigenvalue weighted by Crippen LogP contribution is 2.25. The molecule has 3 aromatic rings. The van der Waals surface area contributed by atoms with Crippen molar-refractivity contribution in [1.82, 2.24) is 15.8 Å². The molecule has 7 nitrogen and oxygen atoms in total. The minimum atomic E-state index is -0.503. The van der Waals surface area contributed by atoms with E-state index < -0.39 is 5.92 Å². The van der Waals surface area contributed by atoms with Crippen molar-refractivity contribution in [2.45, 2.75) is 26.2 Å². The molecule has 1 atom stereocenters. The van der Waals surface area contributed by atoms with Gasteiger partial charge in [-0.05, 0) is 35.7 Å². The number of aryl methyl sites for hydroxylation is 1. The van der Waals surface area contributed by atoms with Gasteiger partial charge in [0, 0.05) is 35.8 Å². The molecule has 1 unspecified atom stereocenters. The van der Waals surface area contributed by atoms with E-state index in [2.05, 4.69) is 22.8 Å². The summed E-state index contributed by atoms with van der Waals surface area (Å²) in [5.41, 5.74) is 8.73. The van der Waals surface area contributed by atoms with Crippen molar-refractivity contribution in [3.05, 3.63) is 65.9 Å². The van der Waals surface area contributed by atoms with Crippen LogP contribution in [0.5, 0.6) is 0 Å². The summed E-state index contributed by atoms with van der Waals surface area (Å²) < 4.78 is 0. The molecule has 1 saturated heterocycles. The van der Waals surface area contributed by atoms with Crippen LogP contribution in [0, 0.1) is 5.92 Å². The SMILES string of the molecule is CCc1ccc(N2CC(C(=O)NNC(=O)Cc3c[nH]c4ccccc34)CC2=O)cc1. The molecule has 0 spiro atoms. The first-order valence-corrected chi connectivity index (χ1v) is 10.1. The molecule has 2 aromatic carbocycles. The van der Waals surface area contributed by atoms with Crippen LogP contribution in [0.15, 0.2) is 54.7 Å². The Balaban J connectivity index is 1.31. The number of nitrogens with one attached hydrogen (secondary N) is 3. The van der Waals surface area contributed by atoms with Gasteiger partial charge in [-0.1, -0.05) is 37.3 Å². The van der Waals surface area contributed by atoms with Gasteiger partial charge in [0.15, 0.2) is 0 Å². The van der Waals surface area contributed by atoms with Gasteiger partial charge in [-0.15, -0.1) is 0 Å². The van der Waals surface area contributed by atoms with E-state index in [1.807, 2.05) is 48.5 Å². The second kappa shape index (κ2) is 8.41. The molecule has 3 amide bonds. The number of aromatic amines is 1. The van der Waals surface area contributed by atoms with Gasteiger partial charge in [-0.3, -0.25) is 25.2 Å². The largest absolute Gasteiger partial charge is 0.361 e. The van der Waals surface area contributed by atoms with Crippen molar-refractivity contribution >= 4 is 34.3 Å². The molecule has 4 rings (SSSR count). The van der Waals surface area contributed by atoms with E-state index >= 15 is 0 Å². The minimum absolute atomic E-state index is 0.0930. The van der Waals surface area contributed by atoms with E-state index in [9.17, 15) is 14.4 Å². The number of amides is 3. The predicted molar refractivity (Wildman–Crippen MR) is 115 cm³/mol. The molecule has 1 aromatic heterocycles. The van der Waals surface area contributed by atoms with E-state index in [1.54, 1.807) is 11.1 Å². The van der Waals surface area contributed by atoms with E-state index in [0.29, 0.717) is 6.54 Å². The zero-order valence-electron chi connectivity index (χ0n) is 16.8. The number of hydrazine groups is 1. The number of carbonyl (C=O) groups is 3. The number of hydrogen-bond donors (Lipinski definition) is 3. The molecule has 1 fully saturated rings. The molecular weight excluding hydrogens is 380 g/mol. The number of H-pyrrole nitrogens is 1. The first kappa shape index (κ1) is 19.7. The number of carbonyl (C=O) groups excluding carboxylic acids is 3.